The molecule has 0 radical (unpaired) electrons. The number of methoxy groups -OCH3 is 1. The number of rotatable bonds is 14. The first-order valence-corrected chi connectivity index (χ1v) is 15.5. The van der Waals surface area contributed by atoms with Gasteiger partial charge in [0.15, 0.2) is 16.7 Å². The highest BCUT2D eigenvalue weighted by Crippen LogP contribution is 2.36. The Balaban J connectivity index is 1.79. The van der Waals surface area contributed by atoms with Crippen LogP contribution in [0.4, 0.5) is 0 Å². The lowest BCUT2D eigenvalue weighted by Gasteiger charge is -2.12. The third-order valence-electron chi connectivity index (χ3n) is 5.44. The molecule has 0 N–H and O–H groups in total. The number of halogens is 1. The number of thiophene rings is 1. The molecule has 1 aliphatic heterocycles. The zero-order valence-electron chi connectivity index (χ0n) is 20.9. The minimum atomic E-state index is -4.02. The Morgan fingerprint density at radius 2 is 1.86 bits per heavy atom. The molecule has 1 aromatic carbocycles. The maximum Gasteiger partial charge on any atom is 0.294 e. The predicted octanol–water partition coefficient (Wildman–Crippen LogP) is 7.00. The molecular formula is C26H31ClN2O5S3. The van der Waals surface area contributed by atoms with E-state index in [-0.39, 0.29) is 21.8 Å². The van der Waals surface area contributed by atoms with Gasteiger partial charge in [-0.05, 0) is 54.1 Å². The number of thioether (sulfide) groups is 1. The van der Waals surface area contributed by atoms with Gasteiger partial charge in [-0.25, -0.2) is 0 Å². The molecule has 200 valence electrons. The van der Waals surface area contributed by atoms with Crippen LogP contribution >= 0.6 is 34.7 Å². The van der Waals surface area contributed by atoms with Crippen molar-refractivity contribution in [2.45, 2.75) is 49.7 Å². The molecule has 0 saturated carbocycles. The summed E-state index contributed by atoms with van der Waals surface area (Å²) in [6.45, 7) is 6.57. The minimum Gasteiger partial charge on any atom is -0.493 e. The van der Waals surface area contributed by atoms with Crippen molar-refractivity contribution in [3.63, 3.8) is 0 Å². The standard InChI is InChI=1S/C26H31ClN2O5S3/c1-4-6-7-8-9-10-16-34-21-17-19(11-12-20(21)33-3)18-22-25(30)29(15-5-2)26(35-22)28-37(31,32)24-14-13-23(27)36-24/h5,11-14,17-18H,2,4,6-10,15-16H2,1,3H3/b22-18-,28-26+. The van der Waals surface area contributed by atoms with Crippen molar-refractivity contribution in [3.05, 3.63) is 57.8 Å². The Labute approximate surface area is 232 Å². The Hall–Kier alpha value is -2.27. The van der Waals surface area contributed by atoms with Gasteiger partial charge >= 0.3 is 0 Å². The number of carbonyl (C=O) groups is 1. The number of amides is 1. The van der Waals surface area contributed by atoms with Crippen LogP contribution in [-0.4, -0.2) is 44.7 Å². The number of sulfonamides is 1. The van der Waals surface area contributed by atoms with Gasteiger partial charge in [0.05, 0.1) is 23.0 Å². The highest BCUT2D eigenvalue weighted by atomic mass is 35.5. The first-order chi connectivity index (χ1) is 17.8. The smallest absolute Gasteiger partial charge is 0.294 e. The summed E-state index contributed by atoms with van der Waals surface area (Å²) in [4.78, 5) is 14.7. The summed E-state index contributed by atoms with van der Waals surface area (Å²) in [7, 11) is -2.44. The lowest BCUT2D eigenvalue weighted by atomic mass is 10.1. The van der Waals surface area contributed by atoms with E-state index in [4.69, 9.17) is 21.1 Å². The summed E-state index contributed by atoms with van der Waals surface area (Å²) < 4.78 is 41.2. The summed E-state index contributed by atoms with van der Waals surface area (Å²) in [5.41, 5.74) is 0.724. The number of unbranched alkanes of at least 4 members (excludes halogenated alkanes) is 5. The maximum atomic E-state index is 13.1. The molecule has 7 nitrogen and oxygen atoms in total. The van der Waals surface area contributed by atoms with Gasteiger partial charge in [-0.2, -0.15) is 8.42 Å². The van der Waals surface area contributed by atoms with Crippen LogP contribution in [0.5, 0.6) is 11.5 Å². The molecule has 1 amide bonds. The molecule has 0 bridgehead atoms. The first-order valence-electron chi connectivity index (χ1n) is 12.0. The van der Waals surface area contributed by atoms with Crippen LogP contribution in [0, 0.1) is 0 Å². The van der Waals surface area contributed by atoms with E-state index in [1.54, 1.807) is 19.3 Å². The average Bonchev–Trinajstić information content (AvgIpc) is 3.43. The summed E-state index contributed by atoms with van der Waals surface area (Å²) >= 11 is 7.80. The average molecular weight is 583 g/mol. The van der Waals surface area contributed by atoms with E-state index in [1.807, 2.05) is 12.1 Å². The first kappa shape index (κ1) is 29.3. The molecule has 37 heavy (non-hydrogen) atoms. The second kappa shape index (κ2) is 14.0. The second-order valence-electron chi connectivity index (χ2n) is 8.25. The second-order valence-corrected chi connectivity index (χ2v) is 12.8. The molecule has 0 atom stereocenters. The van der Waals surface area contributed by atoms with Crippen molar-refractivity contribution in [1.82, 2.24) is 4.90 Å². The van der Waals surface area contributed by atoms with Gasteiger partial charge in [-0.15, -0.1) is 22.3 Å². The van der Waals surface area contributed by atoms with Crippen molar-refractivity contribution in [2.75, 3.05) is 20.3 Å². The van der Waals surface area contributed by atoms with Crippen LogP contribution in [0.3, 0.4) is 0 Å². The highest BCUT2D eigenvalue weighted by Gasteiger charge is 2.34. The molecule has 11 heteroatoms. The number of hydrogen-bond donors (Lipinski definition) is 0. The fourth-order valence-corrected chi connectivity index (χ4v) is 7.21. The fraction of sp³-hybridized carbons (Fsp3) is 0.385. The van der Waals surface area contributed by atoms with Gasteiger partial charge in [0, 0.05) is 6.54 Å². The van der Waals surface area contributed by atoms with Crippen LogP contribution < -0.4 is 9.47 Å². The minimum absolute atomic E-state index is 0.0105. The zero-order valence-corrected chi connectivity index (χ0v) is 24.1. The van der Waals surface area contributed by atoms with Crippen LogP contribution in [0.15, 0.2) is 56.5 Å². The number of ether oxygens (including phenoxy) is 2. The molecule has 3 rings (SSSR count). The van der Waals surface area contributed by atoms with E-state index in [1.165, 1.54) is 48.8 Å². The lowest BCUT2D eigenvalue weighted by Crippen LogP contribution is -2.29. The molecule has 1 fully saturated rings. The van der Waals surface area contributed by atoms with Gasteiger partial charge in [-0.1, -0.05) is 62.8 Å². The van der Waals surface area contributed by atoms with E-state index in [9.17, 15) is 13.2 Å². The van der Waals surface area contributed by atoms with Gasteiger partial charge < -0.3 is 9.47 Å². The number of benzene rings is 1. The third-order valence-corrected chi connectivity index (χ3v) is 9.53. The van der Waals surface area contributed by atoms with E-state index < -0.39 is 10.0 Å². The maximum absolute atomic E-state index is 13.1. The number of hydrogen-bond acceptors (Lipinski definition) is 7. The Kier molecular flexibility index (Phi) is 11.1. The SMILES string of the molecule is C=CCN1C(=O)/C(=C/c2ccc(OC)c(OCCCCCCCC)c2)S/C1=N/S(=O)(=O)c1ccc(Cl)s1. The van der Waals surface area contributed by atoms with E-state index >= 15 is 0 Å². The van der Waals surface area contributed by atoms with E-state index in [2.05, 4.69) is 17.9 Å². The molecule has 1 aromatic heterocycles. The number of amidine groups is 1. The van der Waals surface area contributed by atoms with E-state index in [0.717, 1.165) is 41.5 Å². The number of nitrogens with zero attached hydrogens (tertiary/aromatic N) is 2. The topological polar surface area (TPSA) is 85.3 Å². The highest BCUT2D eigenvalue weighted by molar-refractivity contribution is 8.19. The Bertz CT molecular complexity index is 1270. The van der Waals surface area contributed by atoms with Crippen LogP contribution in [0.2, 0.25) is 4.34 Å². The van der Waals surface area contributed by atoms with Crippen molar-refractivity contribution < 1.29 is 22.7 Å². The largest absolute Gasteiger partial charge is 0.493 e. The molecule has 1 aliphatic rings. The van der Waals surface area contributed by atoms with Crippen LogP contribution in [0.25, 0.3) is 6.08 Å². The molecule has 0 aliphatic carbocycles. The normalized spacial score (nSPS) is 16.1. The van der Waals surface area contributed by atoms with Crippen molar-refractivity contribution in [3.8, 4) is 11.5 Å². The van der Waals surface area contributed by atoms with Crippen LogP contribution in [0.1, 0.15) is 51.0 Å². The fourth-order valence-electron chi connectivity index (χ4n) is 3.56. The molecule has 0 unspecified atom stereocenters. The molecule has 2 heterocycles. The molecule has 2 aromatic rings. The summed E-state index contributed by atoms with van der Waals surface area (Å²) in [5.74, 6) is 0.845. The van der Waals surface area contributed by atoms with Crippen molar-refractivity contribution in [2.24, 2.45) is 4.40 Å². The van der Waals surface area contributed by atoms with Crippen LogP contribution in [-0.2, 0) is 14.8 Å². The summed E-state index contributed by atoms with van der Waals surface area (Å²) in [5, 5.41) is 0.0636. The van der Waals surface area contributed by atoms with Gasteiger partial charge in [0.2, 0.25) is 0 Å². The zero-order chi connectivity index (χ0) is 26.8. The molecular weight excluding hydrogens is 552 g/mol. The quantitative estimate of drug-likeness (QED) is 0.135. The molecule has 1 saturated heterocycles. The summed E-state index contributed by atoms with van der Waals surface area (Å²) in [6.07, 6.45) is 10.2. The van der Waals surface area contributed by atoms with Gasteiger partial charge in [-0.3, -0.25) is 9.69 Å². The monoisotopic (exact) mass is 582 g/mol. The predicted molar refractivity (Wildman–Crippen MR) is 153 cm³/mol. The summed E-state index contributed by atoms with van der Waals surface area (Å²) in [6, 6.07) is 8.30. The lowest BCUT2D eigenvalue weighted by molar-refractivity contribution is -0.121. The van der Waals surface area contributed by atoms with Crippen molar-refractivity contribution >= 4 is 61.9 Å². The van der Waals surface area contributed by atoms with E-state index in [0.29, 0.717) is 27.3 Å². The molecule has 0 spiro atoms. The Morgan fingerprint density at radius 3 is 2.54 bits per heavy atom. The van der Waals surface area contributed by atoms with Crippen molar-refractivity contribution in [1.29, 1.82) is 0 Å². The number of carbonyl (C=O) groups excluding carboxylic acids is 1. The third kappa shape index (κ3) is 8.10. The van der Waals surface area contributed by atoms with Gasteiger partial charge in [0.1, 0.15) is 4.21 Å². The van der Waals surface area contributed by atoms with Gasteiger partial charge in [0.25, 0.3) is 15.9 Å². The Morgan fingerprint density at radius 1 is 1.11 bits per heavy atom.